The van der Waals surface area contributed by atoms with Crippen molar-refractivity contribution >= 4 is 16.7 Å². The quantitative estimate of drug-likeness (QED) is 0.462. The molecule has 3 aromatic rings. The third-order valence-corrected chi connectivity index (χ3v) is 6.29. The summed E-state index contributed by atoms with van der Waals surface area (Å²) >= 11 is 0. The standard InChI is InChI=1S/C25H35N5O4/c1-16-11-17(2)30(28-16)10-8-26-14-18-12-20-21(13-22(32-3)24(34-5)23(20)33-4)27-25(18)29-9-6-7-19(31)15-29/h11-13,19,26,31H,6-10,14-15H2,1-5H3/t19-/m0/s1. The maximum Gasteiger partial charge on any atom is 0.204 e. The van der Waals surface area contributed by atoms with Crippen LogP contribution in [0.4, 0.5) is 5.82 Å². The fraction of sp³-hybridized carbons (Fsp3) is 0.520. The van der Waals surface area contributed by atoms with Crippen LogP contribution in [0.1, 0.15) is 29.8 Å². The second kappa shape index (κ2) is 10.5. The maximum absolute atomic E-state index is 10.3. The number of aromatic nitrogens is 3. The number of rotatable bonds is 9. The van der Waals surface area contributed by atoms with Crippen LogP contribution in [-0.2, 0) is 13.1 Å². The predicted octanol–water partition coefficient (Wildman–Crippen LogP) is 2.82. The van der Waals surface area contributed by atoms with Crippen molar-refractivity contribution in [1.82, 2.24) is 20.1 Å². The van der Waals surface area contributed by atoms with Crippen LogP contribution in [0.25, 0.3) is 10.9 Å². The number of β-amino-alcohol motifs (C(OH)–C–C–N with tert-alkyl or cyclic N) is 1. The highest BCUT2D eigenvalue weighted by Crippen LogP contribution is 2.44. The van der Waals surface area contributed by atoms with Gasteiger partial charge in [0.15, 0.2) is 11.5 Å². The van der Waals surface area contributed by atoms with Gasteiger partial charge in [0.1, 0.15) is 5.82 Å². The molecule has 0 radical (unpaired) electrons. The summed E-state index contributed by atoms with van der Waals surface area (Å²) in [5.74, 6) is 2.58. The highest BCUT2D eigenvalue weighted by Gasteiger charge is 2.24. The topological polar surface area (TPSA) is 93.9 Å². The summed E-state index contributed by atoms with van der Waals surface area (Å²) in [5, 5.41) is 19.2. The number of aryl methyl sites for hydroxylation is 2. The molecule has 0 bridgehead atoms. The fourth-order valence-electron chi connectivity index (χ4n) is 4.68. The molecule has 2 aromatic heterocycles. The highest BCUT2D eigenvalue weighted by atomic mass is 16.5. The lowest BCUT2D eigenvalue weighted by Gasteiger charge is -2.32. The summed E-state index contributed by atoms with van der Waals surface area (Å²) in [4.78, 5) is 7.20. The number of nitrogens with zero attached hydrogens (tertiary/aromatic N) is 4. The Kier molecular flexibility index (Phi) is 7.43. The molecule has 9 nitrogen and oxygen atoms in total. The monoisotopic (exact) mass is 469 g/mol. The number of nitrogens with one attached hydrogen (secondary N) is 1. The molecule has 184 valence electrons. The molecule has 0 amide bonds. The van der Waals surface area contributed by atoms with E-state index in [4.69, 9.17) is 19.2 Å². The number of hydrogen-bond acceptors (Lipinski definition) is 8. The molecule has 1 aliphatic heterocycles. The van der Waals surface area contributed by atoms with Gasteiger partial charge in [-0.15, -0.1) is 0 Å². The van der Waals surface area contributed by atoms with Crippen molar-refractivity contribution in [3.8, 4) is 17.2 Å². The Bertz CT molecular complexity index is 1150. The Balaban J connectivity index is 1.67. The third-order valence-electron chi connectivity index (χ3n) is 6.29. The smallest absolute Gasteiger partial charge is 0.204 e. The van der Waals surface area contributed by atoms with Gasteiger partial charge in [0.2, 0.25) is 5.75 Å². The van der Waals surface area contributed by atoms with Crippen molar-refractivity contribution in [2.45, 2.75) is 45.9 Å². The number of benzene rings is 1. The van der Waals surface area contributed by atoms with E-state index in [2.05, 4.69) is 34.4 Å². The largest absolute Gasteiger partial charge is 0.493 e. The minimum absolute atomic E-state index is 0.349. The van der Waals surface area contributed by atoms with Crippen LogP contribution in [-0.4, -0.2) is 66.9 Å². The van der Waals surface area contributed by atoms with E-state index in [1.165, 1.54) is 0 Å². The van der Waals surface area contributed by atoms with Crippen molar-refractivity contribution in [2.75, 3.05) is 45.9 Å². The summed E-state index contributed by atoms with van der Waals surface area (Å²) < 4.78 is 18.8. The lowest BCUT2D eigenvalue weighted by atomic mass is 10.1. The van der Waals surface area contributed by atoms with Gasteiger partial charge in [-0.2, -0.15) is 5.10 Å². The highest BCUT2D eigenvalue weighted by molar-refractivity contribution is 5.92. The minimum atomic E-state index is -0.349. The summed E-state index contributed by atoms with van der Waals surface area (Å²) in [6.07, 6.45) is 1.40. The Hall–Kier alpha value is -3.04. The number of piperidine rings is 1. The van der Waals surface area contributed by atoms with Crippen molar-refractivity contribution in [1.29, 1.82) is 0 Å². The van der Waals surface area contributed by atoms with Crippen LogP contribution in [0, 0.1) is 13.8 Å². The number of aliphatic hydroxyl groups excluding tert-OH is 1. The lowest BCUT2D eigenvalue weighted by Crippen LogP contribution is -2.39. The molecule has 0 spiro atoms. The maximum atomic E-state index is 10.3. The first kappa shape index (κ1) is 24.1. The molecule has 1 atom stereocenters. The second-order valence-electron chi connectivity index (χ2n) is 8.75. The van der Waals surface area contributed by atoms with Gasteiger partial charge in [0.05, 0.1) is 45.2 Å². The van der Waals surface area contributed by atoms with Crippen LogP contribution >= 0.6 is 0 Å². The molecular formula is C25H35N5O4. The van der Waals surface area contributed by atoms with E-state index in [9.17, 15) is 5.11 Å². The molecule has 0 unspecified atom stereocenters. The van der Waals surface area contributed by atoms with E-state index in [0.717, 1.165) is 66.1 Å². The van der Waals surface area contributed by atoms with Crippen LogP contribution < -0.4 is 24.4 Å². The number of fused-ring (bicyclic) bond motifs is 1. The first-order valence-corrected chi connectivity index (χ1v) is 11.7. The summed E-state index contributed by atoms with van der Waals surface area (Å²) in [5.41, 5.74) is 3.98. The second-order valence-corrected chi connectivity index (χ2v) is 8.75. The molecule has 0 aliphatic carbocycles. The van der Waals surface area contributed by atoms with Gasteiger partial charge in [-0.25, -0.2) is 4.98 Å². The van der Waals surface area contributed by atoms with E-state index in [-0.39, 0.29) is 6.10 Å². The summed E-state index contributed by atoms with van der Waals surface area (Å²) in [6.45, 7) is 7.69. The molecule has 34 heavy (non-hydrogen) atoms. The van der Waals surface area contributed by atoms with Gasteiger partial charge in [-0.1, -0.05) is 0 Å². The average molecular weight is 470 g/mol. The van der Waals surface area contributed by atoms with Gasteiger partial charge >= 0.3 is 0 Å². The van der Waals surface area contributed by atoms with Crippen molar-refractivity contribution in [3.05, 3.63) is 35.2 Å². The molecule has 2 N–H and O–H groups in total. The molecular weight excluding hydrogens is 434 g/mol. The van der Waals surface area contributed by atoms with Crippen LogP contribution in [0.15, 0.2) is 18.2 Å². The Labute approximate surface area is 200 Å². The first-order valence-electron chi connectivity index (χ1n) is 11.7. The van der Waals surface area contributed by atoms with E-state index in [1.54, 1.807) is 21.3 Å². The average Bonchev–Trinajstić information content (AvgIpc) is 3.16. The zero-order valence-electron chi connectivity index (χ0n) is 20.7. The molecule has 9 heteroatoms. The zero-order valence-corrected chi connectivity index (χ0v) is 20.7. The van der Waals surface area contributed by atoms with Gasteiger partial charge < -0.3 is 29.5 Å². The molecule has 4 rings (SSSR count). The normalized spacial score (nSPS) is 16.2. The predicted molar refractivity (Wildman–Crippen MR) is 132 cm³/mol. The Morgan fingerprint density at radius 1 is 1.09 bits per heavy atom. The SMILES string of the molecule is COc1cc2nc(N3CCC[C@H](O)C3)c(CNCCn3nc(C)cc3C)cc2c(OC)c1OC. The zero-order chi connectivity index (χ0) is 24.2. The summed E-state index contributed by atoms with van der Waals surface area (Å²) in [7, 11) is 4.83. The van der Waals surface area contributed by atoms with Gasteiger partial charge in [-0.3, -0.25) is 4.68 Å². The van der Waals surface area contributed by atoms with Crippen molar-refractivity contribution in [2.24, 2.45) is 0 Å². The van der Waals surface area contributed by atoms with Crippen molar-refractivity contribution < 1.29 is 19.3 Å². The van der Waals surface area contributed by atoms with E-state index >= 15 is 0 Å². The number of methoxy groups -OCH3 is 3. The van der Waals surface area contributed by atoms with Gasteiger partial charge in [0.25, 0.3) is 0 Å². The van der Waals surface area contributed by atoms with E-state index in [1.807, 2.05) is 17.7 Å². The number of hydrogen-bond donors (Lipinski definition) is 2. The fourth-order valence-corrected chi connectivity index (χ4v) is 4.68. The Morgan fingerprint density at radius 2 is 1.88 bits per heavy atom. The van der Waals surface area contributed by atoms with Gasteiger partial charge in [-0.05, 0) is 38.8 Å². The van der Waals surface area contributed by atoms with Gasteiger partial charge in [0, 0.05) is 48.9 Å². The van der Waals surface area contributed by atoms with Crippen molar-refractivity contribution in [3.63, 3.8) is 0 Å². The molecule has 3 heterocycles. The number of anilines is 1. The number of aliphatic hydroxyl groups is 1. The molecule has 0 saturated carbocycles. The van der Waals surface area contributed by atoms with E-state index < -0.39 is 0 Å². The molecule has 1 aliphatic rings. The molecule has 1 fully saturated rings. The molecule has 1 saturated heterocycles. The first-order chi connectivity index (χ1) is 16.4. The van der Waals surface area contributed by atoms with Crippen LogP contribution in [0.3, 0.4) is 0 Å². The number of pyridine rings is 1. The lowest BCUT2D eigenvalue weighted by molar-refractivity contribution is 0.154. The molecule has 1 aromatic carbocycles. The Morgan fingerprint density at radius 3 is 2.53 bits per heavy atom. The number of ether oxygens (including phenoxy) is 3. The summed E-state index contributed by atoms with van der Waals surface area (Å²) in [6, 6.07) is 6.07. The van der Waals surface area contributed by atoms with Crippen LogP contribution in [0.2, 0.25) is 0 Å². The third kappa shape index (κ3) is 4.90. The van der Waals surface area contributed by atoms with E-state index in [0.29, 0.717) is 30.3 Å². The minimum Gasteiger partial charge on any atom is -0.493 e. The van der Waals surface area contributed by atoms with Crippen LogP contribution in [0.5, 0.6) is 17.2 Å².